The van der Waals surface area contributed by atoms with Gasteiger partial charge in [0.05, 0.1) is 12.6 Å². The molecule has 0 spiro atoms. The first-order chi connectivity index (χ1) is 10.7. The highest BCUT2D eigenvalue weighted by atomic mass is 19.3. The first-order valence-electron chi connectivity index (χ1n) is 7.32. The molecule has 122 valence electrons. The largest absolute Gasteiger partial charge is 0.272 e. The Morgan fingerprint density at radius 2 is 2.09 bits per heavy atom. The number of hydrogen-bond acceptors (Lipinski definition) is 2. The lowest BCUT2D eigenvalue weighted by Crippen LogP contribution is -2.45. The lowest BCUT2D eigenvalue weighted by atomic mass is 9.83. The summed E-state index contributed by atoms with van der Waals surface area (Å²) >= 11 is 0. The molecule has 0 aromatic heterocycles. The molecule has 4 nitrogen and oxygen atoms in total. The second-order valence-electron chi connectivity index (χ2n) is 6.42. The number of hydrazine groups is 1. The highest BCUT2D eigenvalue weighted by Crippen LogP contribution is 2.49. The van der Waals surface area contributed by atoms with E-state index in [1.165, 1.54) is 24.1 Å². The highest BCUT2D eigenvalue weighted by molar-refractivity contribution is 5.86. The minimum absolute atomic E-state index is 0.0587. The van der Waals surface area contributed by atoms with Gasteiger partial charge in [-0.05, 0) is 31.0 Å². The van der Waals surface area contributed by atoms with Gasteiger partial charge in [-0.1, -0.05) is 6.07 Å². The number of fused-ring (bicyclic) bond motifs is 1. The zero-order chi connectivity index (χ0) is 17.0. The maximum atomic E-state index is 13.9. The molecule has 0 aliphatic carbocycles. The molecule has 1 aromatic rings. The van der Waals surface area contributed by atoms with Gasteiger partial charge >= 0.3 is 0 Å². The van der Waals surface area contributed by atoms with Crippen LogP contribution in [0.25, 0.3) is 4.85 Å². The van der Waals surface area contributed by atoms with Gasteiger partial charge < -0.3 is 0 Å². The van der Waals surface area contributed by atoms with Crippen molar-refractivity contribution < 1.29 is 18.0 Å². The van der Waals surface area contributed by atoms with Crippen LogP contribution in [-0.4, -0.2) is 34.9 Å². The van der Waals surface area contributed by atoms with Crippen molar-refractivity contribution in [1.82, 2.24) is 10.0 Å². The summed E-state index contributed by atoms with van der Waals surface area (Å²) in [5.74, 6) is -4.37. The third-order valence-electron chi connectivity index (χ3n) is 4.83. The molecule has 0 saturated carbocycles. The van der Waals surface area contributed by atoms with Crippen molar-refractivity contribution in [3.8, 4) is 0 Å². The van der Waals surface area contributed by atoms with E-state index in [0.29, 0.717) is 18.5 Å². The molecule has 3 rings (SSSR count). The fourth-order valence-electron chi connectivity index (χ4n) is 3.30. The molecular formula is C16H16F3N3O. The lowest BCUT2D eigenvalue weighted by Gasteiger charge is -2.30. The summed E-state index contributed by atoms with van der Waals surface area (Å²) in [4.78, 5) is 15.8. The van der Waals surface area contributed by atoms with Crippen LogP contribution in [0.4, 0.5) is 18.9 Å². The molecule has 0 radical (unpaired) electrons. The number of rotatable bonds is 2. The van der Waals surface area contributed by atoms with E-state index in [4.69, 9.17) is 6.57 Å². The van der Waals surface area contributed by atoms with Gasteiger partial charge in [0.15, 0.2) is 5.69 Å². The average molecular weight is 323 g/mol. The molecule has 0 N–H and O–H groups in total. The number of alkyl halides is 2. The second kappa shape index (κ2) is 4.96. The van der Waals surface area contributed by atoms with Crippen molar-refractivity contribution in [2.45, 2.75) is 32.2 Å². The summed E-state index contributed by atoms with van der Waals surface area (Å²) in [5.41, 5.74) is -1.19. The van der Waals surface area contributed by atoms with Crippen LogP contribution >= 0.6 is 0 Å². The number of halogens is 3. The molecule has 2 aliphatic rings. The van der Waals surface area contributed by atoms with E-state index < -0.39 is 29.1 Å². The fraction of sp³-hybridized carbons (Fsp3) is 0.500. The normalized spacial score (nSPS) is 28.1. The van der Waals surface area contributed by atoms with Crippen molar-refractivity contribution >= 4 is 11.6 Å². The third-order valence-corrected chi connectivity index (χ3v) is 4.83. The predicted octanol–water partition coefficient (Wildman–Crippen LogP) is 3.54. The minimum Gasteiger partial charge on any atom is -0.272 e. The first kappa shape index (κ1) is 15.8. The fourth-order valence-corrected chi connectivity index (χ4v) is 3.30. The van der Waals surface area contributed by atoms with Crippen LogP contribution in [0.15, 0.2) is 18.2 Å². The van der Waals surface area contributed by atoms with Crippen molar-refractivity contribution in [3.05, 3.63) is 41.0 Å². The van der Waals surface area contributed by atoms with Gasteiger partial charge in [0.2, 0.25) is 0 Å². The zero-order valence-electron chi connectivity index (χ0n) is 12.8. The van der Waals surface area contributed by atoms with Gasteiger partial charge in [0, 0.05) is 20.0 Å². The Balaban J connectivity index is 1.98. The molecule has 2 saturated heterocycles. The molecular weight excluding hydrogens is 307 g/mol. The summed E-state index contributed by atoms with van der Waals surface area (Å²) in [6.07, 6.45) is 0.526. The molecule has 0 bridgehead atoms. The summed E-state index contributed by atoms with van der Waals surface area (Å²) in [6, 6.07) is 3.37. The number of carbonyl (C=O) groups excluding carboxylic acids is 1. The number of nitrogens with zero attached hydrogens (tertiary/aromatic N) is 3. The van der Waals surface area contributed by atoms with Gasteiger partial charge in [0.1, 0.15) is 11.2 Å². The molecule has 2 aliphatic heterocycles. The van der Waals surface area contributed by atoms with E-state index in [1.54, 1.807) is 5.01 Å². The van der Waals surface area contributed by atoms with Crippen molar-refractivity contribution in [2.75, 3.05) is 13.1 Å². The summed E-state index contributed by atoms with van der Waals surface area (Å²) in [5, 5.41) is 2.92. The van der Waals surface area contributed by atoms with Crippen molar-refractivity contribution in [3.63, 3.8) is 0 Å². The Morgan fingerprint density at radius 3 is 2.70 bits per heavy atom. The first-order valence-corrected chi connectivity index (χ1v) is 7.32. The number of amides is 1. The van der Waals surface area contributed by atoms with Gasteiger partial charge in [-0.3, -0.25) is 9.80 Å². The van der Waals surface area contributed by atoms with Crippen LogP contribution in [0, 0.1) is 17.8 Å². The highest BCUT2D eigenvalue weighted by Gasteiger charge is 2.62. The number of carbonyl (C=O) groups is 1. The van der Waals surface area contributed by atoms with E-state index in [2.05, 4.69) is 4.85 Å². The molecule has 0 unspecified atom stereocenters. The molecule has 2 atom stereocenters. The van der Waals surface area contributed by atoms with Gasteiger partial charge in [-0.2, -0.15) is 0 Å². The summed E-state index contributed by atoms with van der Waals surface area (Å²) < 4.78 is 41.5. The Labute approximate surface area is 132 Å². The van der Waals surface area contributed by atoms with Gasteiger partial charge in [0.25, 0.3) is 11.8 Å². The third kappa shape index (κ3) is 2.29. The SMILES string of the molecule is [C-]#[N+]c1cc(F)cc([C@H]2CCN3C[C@@](C)(C(C)(F)F)C(=O)N23)c1. The summed E-state index contributed by atoms with van der Waals surface area (Å²) in [7, 11) is 0. The van der Waals surface area contributed by atoms with E-state index in [1.807, 2.05) is 0 Å². The molecule has 2 heterocycles. The van der Waals surface area contributed by atoms with Crippen LogP contribution in [0.5, 0.6) is 0 Å². The van der Waals surface area contributed by atoms with Gasteiger partial charge in [-0.15, -0.1) is 0 Å². The monoisotopic (exact) mass is 323 g/mol. The molecule has 2 fully saturated rings. The Morgan fingerprint density at radius 1 is 1.39 bits per heavy atom. The standard InChI is InChI=1S/C16H16F3N3O/c1-15(16(2,18)19)9-21-5-4-13(22(21)14(15)23)10-6-11(17)8-12(7-10)20-3/h6-8,13H,4-5,9H2,1-2H3/t13-,15-/m1/s1. The van der Waals surface area contributed by atoms with Crippen LogP contribution in [-0.2, 0) is 4.79 Å². The average Bonchev–Trinajstić information content (AvgIpc) is 2.97. The minimum atomic E-state index is -3.15. The Hall–Kier alpha value is -2.07. The smallest absolute Gasteiger partial charge is 0.260 e. The predicted molar refractivity (Wildman–Crippen MR) is 77.2 cm³/mol. The number of hydrogen-bond donors (Lipinski definition) is 0. The molecule has 1 amide bonds. The molecule has 23 heavy (non-hydrogen) atoms. The topological polar surface area (TPSA) is 27.9 Å². The van der Waals surface area contributed by atoms with Crippen LogP contribution in [0.3, 0.4) is 0 Å². The Kier molecular flexibility index (Phi) is 3.41. The second-order valence-corrected chi connectivity index (χ2v) is 6.42. The van der Waals surface area contributed by atoms with E-state index in [0.717, 1.165) is 13.0 Å². The lowest BCUT2D eigenvalue weighted by molar-refractivity contribution is -0.156. The van der Waals surface area contributed by atoms with Gasteiger partial charge in [-0.25, -0.2) is 23.0 Å². The molecule has 7 heteroatoms. The van der Waals surface area contributed by atoms with Crippen LogP contribution < -0.4 is 0 Å². The van der Waals surface area contributed by atoms with E-state index in [-0.39, 0.29) is 12.2 Å². The zero-order valence-corrected chi connectivity index (χ0v) is 12.8. The van der Waals surface area contributed by atoms with Crippen molar-refractivity contribution in [1.29, 1.82) is 0 Å². The van der Waals surface area contributed by atoms with Crippen LogP contribution in [0.1, 0.15) is 31.9 Å². The Bertz CT molecular complexity index is 710. The molecule has 1 aromatic carbocycles. The maximum Gasteiger partial charge on any atom is 0.260 e. The quantitative estimate of drug-likeness (QED) is 0.779. The van der Waals surface area contributed by atoms with E-state index >= 15 is 0 Å². The van der Waals surface area contributed by atoms with Crippen LogP contribution in [0.2, 0.25) is 0 Å². The summed E-state index contributed by atoms with van der Waals surface area (Å²) in [6.45, 7) is 9.42. The maximum absolute atomic E-state index is 13.9. The number of benzene rings is 1. The van der Waals surface area contributed by atoms with Crippen molar-refractivity contribution in [2.24, 2.45) is 5.41 Å². The van der Waals surface area contributed by atoms with E-state index in [9.17, 15) is 18.0 Å².